The zero-order valence-corrected chi connectivity index (χ0v) is 12.4. The Morgan fingerprint density at radius 2 is 1.79 bits per heavy atom. The molecule has 1 rings (SSSR count). The van der Waals surface area contributed by atoms with Crippen LogP contribution in [0.4, 0.5) is 5.69 Å². The number of aliphatic hydroxyl groups is 1. The van der Waals surface area contributed by atoms with E-state index in [0.717, 1.165) is 5.69 Å². The molecule has 0 aliphatic carbocycles. The molecule has 5 nitrogen and oxygen atoms in total. The first-order valence-electron chi connectivity index (χ1n) is 6.19. The summed E-state index contributed by atoms with van der Waals surface area (Å²) in [6.07, 6.45) is 0.715. The number of benzene rings is 1. The van der Waals surface area contributed by atoms with Crippen molar-refractivity contribution in [3.05, 3.63) is 24.3 Å². The van der Waals surface area contributed by atoms with Crippen LogP contribution in [0, 0.1) is 5.41 Å². The van der Waals surface area contributed by atoms with Crippen LogP contribution >= 0.6 is 0 Å². The molecule has 3 N–H and O–H groups in total. The SMILES string of the molecule is CNS(=O)(=O)c1ccc(NCC(C)(C)CCO)cc1. The minimum absolute atomic E-state index is 0.00945. The second kappa shape index (κ2) is 6.36. The van der Waals surface area contributed by atoms with E-state index >= 15 is 0 Å². The molecule has 0 saturated heterocycles. The highest BCUT2D eigenvalue weighted by Crippen LogP contribution is 2.21. The van der Waals surface area contributed by atoms with Gasteiger partial charge in [0.05, 0.1) is 4.90 Å². The van der Waals surface area contributed by atoms with Gasteiger partial charge in [-0.2, -0.15) is 0 Å². The maximum atomic E-state index is 11.6. The molecule has 108 valence electrons. The lowest BCUT2D eigenvalue weighted by Gasteiger charge is -2.24. The lowest BCUT2D eigenvalue weighted by Crippen LogP contribution is -2.24. The van der Waals surface area contributed by atoms with E-state index in [9.17, 15) is 8.42 Å². The molecule has 0 heterocycles. The smallest absolute Gasteiger partial charge is 0.240 e. The number of hydrogen-bond donors (Lipinski definition) is 3. The second-order valence-corrected chi connectivity index (χ2v) is 7.11. The highest BCUT2D eigenvalue weighted by atomic mass is 32.2. The van der Waals surface area contributed by atoms with E-state index in [1.165, 1.54) is 7.05 Å². The highest BCUT2D eigenvalue weighted by Gasteiger charge is 2.17. The van der Waals surface area contributed by atoms with E-state index in [4.69, 9.17) is 5.11 Å². The average Bonchev–Trinajstić information content (AvgIpc) is 2.37. The molecule has 0 unspecified atom stereocenters. The van der Waals surface area contributed by atoms with E-state index < -0.39 is 10.0 Å². The van der Waals surface area contributed by atoms with Crippen molar-refractivity contribution < 1.29 is 13.5 Å². The van der Waals surface area contributed by atoms with Crippen molar-refractivity contribution in [3.63, 3.8) is 0 Å². The fraction of sp³-hybridized carbons (Fsp3) is 0.538. The highest BCUT2D eigenvalue weighted by molar-refractivity contribution is 7.89. The van der Waals surface area contributed by atoms with Gasteiger partial charge < -0.3 is 10.4 Å². The topological polar surface area (TPSA) is 78.4 Å². The summed E-state index contributed by atoms with van der Waals surface area (Å²) in [4.78, 5) is 0.246. The molecule has 0 saturated carbocycles. The van der Waals surface area contributed by atoms with E-state index in [2.05, 4.69) is 23.9 Å². The average molecular weight is 286 g/mol. The van der Waals surface area contributed by atoms with Crippen molar-refractivity contribution in [2.45, 2.75) is 25.2 Å². The number of anilines is 1. The summed E-state index contributed by atoms with van der Waals surface area (Å²) in [6, 6.07) is 6.60. The summed E-state index contributed by atoms with van der Waals surface area (Å²) in [7, 11) is -1.99. The lowest BCUT2D eigenvalue weighted by molar-refractivity contribution is 0.220. The fourth-order valence-electron chi connectivity index (χ4n) is 1.60. The van der Waals surface area contributed by atoms with Crippen LogP contribution in [0.2, 0.25) is 0 Å². The van der Waals surface area contributed by atoms with Crippen LogP contribution in [0.1, 0.15) is 20.3 Å². The van der Waals surface area contributed by atoms with E-state index in [0.29, 0.717) is 13.0 Å². The van der Waals surface area contributed by atoms with Crippen LogP contribution in [0.25, 0.3) is 0 Å². The Kier molecular flexibility index (Phi) is 5.34. The molecule has 0 atom stereocenters. The number of rotatable bonds is 7. The molecule has 0 fully saturated rings. The van der Waals surface area contributed by atoms with E-state index in [1.54, 1.807) is 24.3 Å². The van der Waals surface area contributed by atoms with Gasteiger partial charge in [0.2, 0.25) is 10.0 Å². The van der Waals surface area contributed by atoms with Gasteiger partial charge in [0, 0.05) is 18.8 Å². The normalized spacial score (nSPS) is 12.4. The van der Waals surface area contributed by atoms with Crippen molar-refractivity contribution in [2.24, 2.45) is 5.41 Å². The monoisotopic (exact) mass is 286 g/mol. The Hall–Kier alpha value is -1.11. The van der Waals surface area contributed by atoms with Gasteiger partial charge in [-0.25, -0.2) is 13.1 Å². The summed E-state index contributed by atoms with van der Waals surface area (Å²) in [5.41, 5.74) is 0.853. The second-order valence-electron chi connectivity index (χ2n) is 5.22. The molecule has 0 bridgehead atoms. The number of hydrogen-bond acceptors (Lipinski definition) is 4. The van der Waals surface area contributed by atoms with Crippen LogP contribution in [0.3, 0.4) is 0 Å². The first-order valence-corrected chi connectivity index (χ1v) is 7.67. The van der Waals surface area contributed by atoms with Gasteiger partial charge in [0.15, 0.2) is 0 Å². The summed E-state index contributed by atoms with van der Waals surface area (Å²) in [5.74, 6) is 0. The third kappa shape index (κ3) is 4.81. The van der Waals surface area contributed by atoms with Crippen LogP contribution in [-0.2, 0) is 10.0 Å². The first-order chi connectivity index (χ1) is 8.80. The van der Waals surface area contributed by atoms with Crippen molar-refractivity contribution in [2.75, 3.05) is 25.5 Å². The number of aliphatic hydroxyl groups excluding tert-OH is 1. The van der Waals surface area contributed by atoms with Gasteiger partial charge in [-0.1, -0.05) is 13.8 Å². The van der Waals surface area contributed by atoms with Gasteiger partial charge in [-0.05, 0) is 43.1 Å². The molecular formula is C13H22N2O3S. The number of sulfonamides is 1. The molecule has 19 heavy (non-hydrogen) atoms. The molecule has 6 heteroatoms. The zero-order valence-electron chi connectivity index (χ0n) is 11.6. The Balaban J connectivity index is 2.68. The van der Waals surface area contributed by atoms with Gasteiger partial charge >= 0.3 is 0 Å². The molecule has 0 aromatic heterocycles. The Labute approximate surface area is 115 Å². The summed E-state index contributed by atoms with van der Waals surface area (Å²) < 4.78 is 25.4. The van der Waals surface area contributed by atoms with Gasteiger partial charge in [0.25, 0.3) is 0 Å². The van der Waals surface area contributed by atoms with Gasteiger partial charge in [0.1, 0.15) is 0 Å². The lowest BCUT2D eigenvalue weighted by atomic mass is 9.90. The minimum atomic E-state index is -3.38. The zero-order chi connectivity index (χ0) is 14.5. The number of nitrogens with one attached hydrogen (secondary N) is 2. The van der Waals surface area contributed by atoms with Crippen LogP contribution in [-0.4, -0.2) is 33.7 Å². The van der Waals surface area contributed by atoms with Crippen molar-refractivity contribution in [1.29, 1.82) is 0 Å². The van der Waals surface area contributed by atoms with E-state index in [-0.39, 0.29) is 16.9 Å². The Morgan fingerprint density at radius 3 is 2.26 bits per heavy atom. The van der Waals surface area contributed by atoms with Gasteiger partial charge in [-0.3, -0.25) is 0 Å². The maximum Gasteiger partial charge on any atom is 0.240 e. The Morgan fingerprint density at radius 1 is 1.21 bits per heavy atom. The molecule has 0 spiro atoms. The Bertz CT molecular complexity index is 495. The maximum absolute atomic E-state index is 11.6. The minimum Gasteiger partial charge on any atom is -0.396 e. The molecule has 0 aliphatic rings. The van der Waals surface area contributed by atoms with E-state index in [1.807, 2.05) is 0 Å². The quantitative estimate of drug-likeness (QED) is 0.708. The molecule has 1 aromatic rings. The van der Waals surface area contributed by atoms with Crippen molar-refractivity contribution >= 4 is 15.7 Å². The molecule has 0 radical (unpaired) electrons. The van der Waals surface area contributed by atoms with Crippen molar-refractivity contribution in [3.8, 4) is 0 Å². The molecule has 1 aromatic carbocycles. The summed E-state index contributed by atoms with van der Waals surface area (Å²) >= 11 is 0. The van der Waals surface area contributed by atoms with Crippen LogP contribution in [0.15, 0.2) is 29.2 Å². The predicted octanol–water partition coefficient (Wildman–Crippen LogP) is 1.42. The predicted molar refractivity (Wildman–Crippen MR) is 76.7 cm³/mol. The third-order valence-corrected chi connectivity index (χ3v) is 4.42. The third-order valence-electron chi connectivity index (χ3n) is 2.99. The summed E-state index contributed by atoms with van der Waals surface area (Å²) in [6.45, 7) is 5.01. The molecular weight excluding hydrogens is 264 g/mol. The molecule has 0 aliphatic heterocycles. The van der Waals surface area contributed by atoms with Crippen LogP contribution < -0.4 is 10.0 Å². The van der Waals surface area contributed by atoms with Gasteiger partial charge in [-0.15, -0.1) is 0 Å². The summed E-state index contributed by atoms with van der Waals surface area (Å²) in [5, 5.41) is 12.2. The largest absolute Gasteiger partial charge is 0.396 e. The standard InChI is InChI=1S/C13H22N2O3S/c1-13(2,8-9-16)10-15-11-4-6-12(7-5-11)19(17,18)14-3/h4-7,14-16H,8-10H2,1-3H3. The first kappa shape index (κ1) is 15.9. The molecule has 0 amide bonds. The van der Waals surface area contributed by atoms with Crippen molar-refractivity contribution in [1.82, 2.24) is 4.72 Å². The fourth-order valence-corrected chi connectivity index (χ4v) is 2.33. The van der Waals surface area contributed by atoms with Crippen LogP contribution in [0.5, 0.6) is 0 Å².